The monoisotopic (exact) mass is 242 g/mol. The van der Waals surface area contributed by atoms with E-state index in [1.54, 1.807) is 10.8 Å². The first-order chi connectivity index (χ1) is 8.36. The molecule has 0 unspecified atom stereocenters. The maximum absolute atomic E-state index is 5.33. The first-order valence-electron chi connectivity index (χ1n) is 5.08. The third-order valence-electron chi connectivity index (χ3n) is 2.39. The van der Waals surface area contributed by atoms with Gasteiger partial charge in [0.15, 0.2) is 5.76 Å². The summed E-state index contributed by atoms with van der Waals surface area (Å²) in [5, 5.41) is 8.39. The van der Waals surface area contributed by atoms with E-state index in [-0.39, 0.29) is 0 Å². The lowest BCUT2D eigenvalue weighted by atomic mass is 10.3. The van der Waals surface area contributed by atoms with E-state index in [2.05, 4.69) is 10.2 Å². The predicted molar refractivity (Wildman–Crippen MR) is 64.7 cm³/mol. The summed E-state index contributed by atoms with van der Waals surface area (Å²) in [6.07, 6.45) is 1.60. The summed E-state index contributed by atoms with van der Waals surface area (Å²) in [4.78, 5) is 0. The topological polar surface area (TPSA) is 43.9 Å². The third-order valence-corrected chi connectivity index (χ3v) is 2.65. The van der Waals surface area contributed by atoms with Gasteiger partial charge in [0.2, 0.25) is 5.82 Å². The molecule has 17 heavy (non-hydrogen) atoms. The van der Waals surface area contributed by atoms with Crippen LogP contribution in [-0.4, -0.2) is 14.8 Å². The first kappa shape index (κ1) is 10.0. The van der Waals surface area contributed by atoms with Crippen LogP contribution in [0.1, 0.15) is 0 Å². The van der Waals surface area contributed by atoms with Crippen molar-refractivity contribution in [3.63, 3.8) is 0 Å². The summed E-state index contributed by atoms with van der Waals surface area (Å²) < 4.78 is 7.11. The van der Waals surface area contributed by atoms with E-state index < -0.39 is 0 Å². The molecule has 0 N–H and O–H groups in total. The summed E-state index contributed by atoms with van der Waals surface area (Å²) >= 11 is 5.18. The number of nitrogens with zero attached hydrogens (tertiary/aromatic N) is 3. The average Bonchev–Trinajstić information content (AvgIpc) is 2.98. The molecule has 0 aliphatic heterocycles. The number of furan rings is 1. The Hall–Kier alpha value is -2.14. The summed E-state index contributed by atoms with van der Waals surface area (Å²) in [6, 6.07) is 13.4. The van der Waals surface area contributed by atoms with Crippen LogP contribution in [0.15, 0.2) is 58.3 Å². The van der Waals surface area contributed by atoms with Crippen LogP contribution in [0.4, 0.5) is 0 Å². The molecule has 4 nitrogen and oxygen atoms in total. The second-order valence-corrected chi connectivity index (χ2v) is 3.82. The minimum Gasteiger partial charge on any atom is -0.740 e. The van der Waals surface area contributed by atoms with E-state index in [1.165, 1.54) is 0 Å². The largest absolute Gasteiger partial charge is 0.740 e. The highest BCUT2D eigenvalue weighted by Gasteiger charge is 2.11. The van der Waals surface area contributed by atoms with Crippen molar-refractivity contribution in [2.24, 2.45) is 0 Å². The smallest absolute Gasteiger partial charge is 0.202 e. The molecule has 0 spiro atoms. The molecule has 0 atom stereocenters. The fraction of sp³-hybridized carbons (Fsp3) is 0. The maximum Gasteiger partial charge on any atom is 0.202 e. The van der Waals surface area contributed by atoms with Gasteiger partial charge in [0, 0.05) is 10.8 Å². The summed E-state index contributed by atoms with van der Waals surface area (Å²) in [5.41, 5.74) is 0.925. The maximum atomic E-state index is 5.33. The van der Waals surface area contributed by atoms with E-state index in [4.69, 9.17) is 17.0 Å². The fourth-order valence-corrected chi connectivity index (χ4v) is 1.88. The molecule has 0 aliphatic carbocycles. The fourth-order valence-electron chi connectivity index (χ4n) is 1.65. The van der Waals surface area contributed by atoms with Crippen molar-refractivity contribution >= 4 is 12.6 Å². The van der Waals surface area contributed by atoms with Crippen molar-refractivity contribution < 1.29 is 4.42 Å². The van der Waals surface area contributed by atoms with Gasteiger partial charge in [0.1, 0.15) is 0 Å². The molecule has 1 aromatic carbocycles. The number of rotatable bonds is 2. The van der Waals surface area contributed by atoms with Crippen molar-refractivity contribution in [3.8, 4) is 17.3 Å². The van der Waals surface area contributed by atoms with Crippen LogP contribution in [0, 0.1) is 0 Å². The van der Waals surface area contributed by atoms with Crippen LogP contribution in [0.3, 0.4) is 0 Å². The van der Waals surface area contributed by atoms with Crippen molar-refractivity contribution in [3.05, 3.63) is 48.7 Å². The summed E-state index contributed by atoms with van der Waals surface area (Å²) in [5.74, 6) is 1.27. The van der Waals surface area contributed by atoms with Gasteiger partial charge in [0.25, 0.3) is 0 Å². The van der Waals surface area contributed by atoms with Crippen LogP contribution < -0.4 is 0 Å². The number of hydrogen-bond acceptors (Lipinski definition) is 4. The Morgan fingerprint density at radius 3 is 2.53 bits per heavy atom. The zero-order chi connectivity index (χ0) is 11.7. The zero-order valence-electron chi connectivity index (χ0n) is 8.78. The Morgan fingerprint density at radius 1 is 1.00 bits per heavy atom. The second-order valence-electron chi connectivity index (χ2n) is 3.45. The van der Waals surface area contributed by atoms with E-state index >= 15 is 0 Å². The molecule has 0 amide bonds. The molecule has 0 aliphatic rings. The molecule has 3 aromatic rings. The quantitative estimate of drug-likeness (QED) is 0.647. The standard InChI is InChI=1S/C12H9N3OS/c17-12-14-13-11(10-7-4-8-16-10)15(12)9-5-2-1-3-6-9/h1-8H,(H,14,17)/p-1. The van der Waals surface area contributed by atoms with Gasteiger partial charge in [-0.15, -0.1) is 5.10 Å². The molecule has 3 rings (SSSR count). The van der Waals surface area contributed by atoms with Gasteiger partial charge in [-0.25, -0.2) is 0 Å². The van der Waals surface area contributed by atoms with Crippen LogP contribution in [0.2, 0.25) is 0 Å². The molecule has 0 bridgehead atoms. The van der Waals surface area contributed by atoms with Crippen molar-refractivity contribution in [1.29, 1.82) is 0 Å². The Balaban J connectivity index is 2.20. The highest BCUT2D eigenvalue weighted by atomic mass is 32.1. The molecule has 0 fully saturated rings. The molecule has 0 radical (unpaired) electrons. The van der Waals surface area contributed by atoms with Gasteiger partial charge >= 0.3 is 0 Å². The van der Waals surface area contributed by atoms with Crippen LogP contribution in [-0.2, 0) is 12.6 Å². The van der Waals surface area contributed by atoms with Gasteiger partial charge in [-0.3, -0.25) is 4.57 Å². The number of benzene rings is 1. The van der Waals surface area contributed by atoms with Crippen LogP contribution >= 0.6 is 0 Å². The Labute approximate surface area is 103 Å². The van der Waals surface area contributed by atoms with Crippen LogP contribution in [0.5, 0.6) is 0 Å². The highest BCUT2D eigenvalue weighted by molar-refractivity contribution is 7.58. The lowest BCUT2D eigenvalue weighted by molar-refractivity contribution is 0.575. The van der Waals surface area contributed by atoms with Gasteiger partial charge < -0.3 is 17.0 Å². The lowest BCUT2D eigenvalue weighted by Crippen LogP contribution is -1.98. The Morgan fingerprint density at radius 2 is 1.82 bits per heavy atom. The minimum absolute atomic E-state index is 0.419. The molecular formula is C12H8N3OS-. The Bertz CT molecular complexity index is 617. The van der Waals surface area contributed by atoms with E-state index in [0.29, 0.717) is 16.7 Å². The molecule has 0 saturated carbocycles. The minimum atomic E-state index is 0.419. The van der Waals surface area contributed by atoms with Gasteiger partial charge in [-0.1, -0.05) is 18.2 Å². The molecule has 2 heterocycles. The second kappa shape index (κ2) is 4.03. The lowest BCUT2D eigenvalue weighted by Gasteiger charge is -2.11. The Kier molecular flexibility index (Phi) is 2.38. The predicted octanol–water partition coefficient (Wildman–Crippen LogP) is 2.43. The van der Waals surface area contributed by atoms with Gasteiger partial charge in [-0.05, 0) is 24.3 Å². The average molecular weight is 242 g/mol. The van der Waals surface area contributed by atoms with E-state index in [1.807, 2.05) is 42.5 Å². The SMILES string of the molecule is [S-]c1nnc(-c2ccco2)n1-c1ccccc1. The third kappa shape index (κ3) is 1.70. The molecule has 0 saturated heterocycles. The molecule has 5 heteroatoms. The highest BCUT2D eigenvalue weighted by Crippen LogP contribution is 2.22. The first-order valence-corrected chi connectivity index (χ1v) is 5.49. The van der Waals surface area contributed by atoms with Gasteiger partial charge in [0.05, 0.1) is 6.26 Å². The normalized spacial score (nSPS) is 10.6. The molecular weight excluding hydrogens is 234 g/mol. The zero-order valence-corrected chi connectivity index (χ0v) is 9.59. The van der Waals surface area contributed by atoms with Crippen molar-refractivity contribution in [2.75, 3.05) is 0 Å². The summed E-state index contributed by atoms with van der Waals surface area (Å²) in [6.45, 7) is 0. The van der Waals surface area contributed by atoms with Crippen molar-refractivity contribution in [1.82, 2.24) is 14.8 Å². The van der Waals surface area contributed by atoms with E-state index in [9.17, 15) is 0 Å². The molecule has 84 valence electrons. The number of hydrogen-bond donors (Lipinski definition) is 0. The molecule has 2 aromatic heterocycles. The van der Waals surface area contributed by atoms with E-state index in [0.717, 1.165) is 5.69 Å². The summed E-state index contributed by atoms with van der Waals surface area (Å²) in [7, 11) is 0. The van der Waals surface area contributed by atoms with Gasteiger partial charge in [-0.2, -0.15) is 5.10 Å². The number of aromatic nitrogens is 3. The number of para-hydroxylation sites is 1. The van der Waals surface area contributed by atoms with Crippen molar-refractivity contribution in [2.45, 2.75) is 5.16 Å². The van der Waals surface area contributed by atoms with Crippen LogP contribution in [0.25, 0.3) is 17.3 Å².